The lowest BCUT2D eigenvalue weighted by Gasteiger charge is -2.31. The van der Waals surface area contributed by atoms with Crippen LogP contribution in [0.3, 0.4) is 0 Å². The van der Waals surface area contributed by atoms with Crippen LogP contribution in [-0.4, -0.2) is 59.6 Å². The van der Waals surface area contributed by atoms with Gasteiger partial charge in [-0.25, -0.2) is 18.1 Å². The second-order valence-electron chi connectivity index (χ2n) is 8.51. The summed E-state index contributed by atoms with van der Waals surface area (Å²) in [5.41, 5.74) is 2.35. The molecule has 186 valence electrons. The number of rotatable bonds is 8. The van der Waals surface area contributed by atoms with Crippen LogP contribution in [0, 0.1) is 6.92 Å². The highest BCUT2D eigenvalue weighted by Gasteiger charge is 2.25. The second kappa shape index (κ2) is 10.6. The third kappa shape index (κ3) is 5.08. The van der Waals surface area contributed by atoms with Crippen LogP contribution in [0.4, 0.5) is 11.4 Å². The molecule has 9 nitrogen and oxygen atoms in total. The summed E-state index contributed by atoms with van der Waals surface area (Å²) >= 11 is 0. The fraction of sp³-hybridized carbons (Fsp3) is 0.400. The highest BCUT2D eigenvalue weighted by Crippen LogP contribution is 2.32. The minimum atomic E-state index is -3.67. The Labute approximate surface area is 206 Å². The van der Waals surface area contributed by atoms with Crippen molar-refractivity contribution in [3.05, 3.63) is 60.0 Å². The minimum Gasteiger partial charge on any atom is -0.370 e. The normalized spacial score (nSPS) is 14.3. The molecule has 1 amide bonds. The number of amides is 1. The van der Waals surface area contributed by atoms with Gasteiger partial charge in [-0.05, 0) is 56.5 Å². The van der Waals surface area contributed by atoms with Crippen LogP contribution in [-0.2, 0) is 10.0 Å². The average Bonchev–Trinajstić information content (AvgIpc) is 3.27. The van der Waals surface area contributed by atoms with Crippen molar-refractivity contribution in [2.75, 3.05) is 36.4 Å². The molecule has 0 radical (unpaired) electrons. The minimum absolute atomic E-state index is 0.165. The van der Waals surface area contributed by atoms with Crippen molar-refractivity contribution in [1.82, 2.24) is 19.1 Å². The molecule has 0 aliphatic carbocycles. The summed E-state index contributed by atoms with van der Waals surface area (Å²) in [6, 6.07) is 10.5. The number of benzene rings is 1. The first-order valence-electron chi connectivity index (χ1n) is 12.0. The number of nitrogens with zero attached hydrogens (tertiary/aromatic N) is 5. The van der Waals surface area contributed by atoms with Gasteiger partial charge in [0.1, 0.15) is 0 Å². The van der Waals surface area contributed by atoms with Gasteiger partial charge in [0.2, 0.25) is 10.0 Å². The van der Waals surface area contributed by atoms with Crippen molar-refractivity contribution in [3.8, 4) is 5.82 Å². The quantitative estimate of drug-likeness (QED) is 0.508. The third-order valence-corrected chi connectivity index (χ3v) is 8.42. The number of hydrogen-bond acceptors (Lipinski definition) is 6. The Morgan fingerprint density at radius 2 is 1.83 bits per heavy atom. The maximum atomic E-state index is 13.4. The molecule has 0 bridgehead atoms. The van der Waals surface area contributed by atoms with Gasteiger partial charge in [0, 0.05) is 32.4 Å². The van der Waals surface area contributed by atoms with Crippen molar-refractivity contribution in [1.29, 1.82) is 0 Å². The number of aromatic nitrogens is 3. The number of piperidine rings is 1. The molecule has 1 aliphatic rings. The van der Waals surface area contributed by atoms with E-state index in [-0.39, 0.29) is 10.8 Å². The van der Waals surface area contributed by atoms with Crippen LogP contribution in [0.2, 0.25) is 0 Å². The lowest BCUT2D eigenvalue weighted by atomic mass is 10.1. The number of carbonyl (C=O) groups is 1. The molecule has 10 heteroatoms. The second-order valence-corrected chi connectivity index (χ2v) is 10.5. The molecule has 1 aliphatic heterocycles. The molecule has 3 heterocycles. The molecule has 2 aromatic heterocycles. The molecule has 0 unspecified atom stereocenters. The van der Waals surface area contributed by atoms with Gasteiger partial charge in [-0.2, -0.15) is 9.40 Å². The first-order chi connectivity index (χ1) is 16.9. The highest BCUT2D eigenvalue weighted by atomic mass is 32.2. The van der Waals surface area contributed by atoms with Gasteiger partial charge in [-0.3, -0.25) is 4.79 Å². The third-order valence-electron chi connectivity index (χ3n) is 6.38. The molecule has 3 aromatic rings. The Bertz CT molecular complexity index is 1280. The summed E-state index contributed by atoms with van der Waals surface area (Å²) in [6.45, 7) is 7.91. The lowest BCUT2D eigenvalue weighted by molar-refractivity contribution is 0.102. The smallest absolute Gasteiger partial charge is 0.259 e. The first-order valence-corrected chi connectivity index (χ1v) is 13.5. The topological polar surface area (TPSA) is 100 Å². The van der Waals surface area contributed by atoms with Crippen molar-refractivity contribution >= 4 is 27.3 Å². The van der Waals surface area contributed by atoms with Gasteiger partial charge in [-0.1, -0.05) is 19.9 Å². The van der Waals surface area contributed by atoms with Crippen molar-refractivity contribution in [3.63, 3.8) is 0 Å². The van der Waals surface area contributed by atoms with Crippen LogP contribution in [0.25, 0.3) is 5.82 Å². The standard InChI is InChI=1S/C25H32N6O3S/c1-4-30(5-2)35(33,34)20-12-13-23(29-15-9-6-10-16-29)22(17-20)28-25(32)21-18-27-31(19(21)3)24-11-7-8-14-26-24/h7-8,11-14,17-18H,4-6,9-10,15-16H2,1-3H3,(H,28,32). The van der Waals surface area contributed by atoms with Crippen LogP contribution < -0.4 is 10.2 Å². The van der Waals surface area contributed by atoms with Crippen LogP contribution in [0.15, 0.2) is 53.7 Å². The van der Waals surface area contributed by atoms with Crippen LogP contribution in [0.1, 0.15) is 49.2 Å². The monoisotopic (exact) mass is 496 g/mol. The fourth-order valence-corrected chi connectivity index (χ4v) is 5.92. The Morgan fingerprint density at radius 1 is 1.09 bits per heavy atom. The van der Waals surface area contributed by atoms with Crippen LogP contribution in [0.5, 0.6) is 0 Å². The van der Waals surface area contributed by atoms with Gasteiger partial charge < -0.3 is 10.2 Å². The largest absolute Gasteiger partial charge is 0.370 e. The number of pyridine rings is 1. The predicted octanol–water partition coefficient (Wildman–Crippen LogP) is 3.85. The van der Waals surface area contributed by atoms with E-state index >= 15 is 0 Å². The Balaban J connectivity index is 1.70. The van der Waals surface area contributed by atoms with Crippen LogP contribution >= 0.6 is 0 Å². The van der Waals surface area contributed by atoms with E-state index < -0.39 is 10.0 Å². The Kier molecular flexibility index (Phi) is 7.51. The SMILES string of the molecule is CCN(CC)S(=O)(=O)c1ccc(N2CCCCC2)c(NC(=O)c2cnn(-c3ccccn3)c2C)c1. The number of sulfonamides is 1. The van der Waals surface area contributed by atoms with Gasteiger partial charge >= 0.3 is 0 Å². The Morgan fingerprint density at radius 3 is 2.49 bits per heavy atom. The zero-order valence-corrected chi connectivity index (χ0v) is 21.3. The average molecular weight is 497 g/mol. The molecule has 1 fully saturated rings. The van der Waals surface area contributed by atoms with Crippen molar-refractivity contribution < 1.29 is 13.2 Å². The number of anilines is 2. The van der Waals surface area contributed by atoms with Gasteiger partial charge in [-0.15, -0.1) is 0 Å². The van der Waals surface area contributed by atoms with E-state index in [4.69, 9.17) is 0 Å². The molecule has 4 rings (SSSR count). The molecule has 0 spiro atoms. The van der Waals surface area contributed by atoms with E-state index in [9.17, 15) is 13.2 Å². The van der Waals surface area contributed by atoms with E-state index in [1.165, 1.54) is 16.9 Å². The maximum Gasteiger partial charge on any atom is 0.259 e. The molecule has 1 saturated heterocycles. The zero-order chi connectivity index (χ0) is 25.0. The molecule has 0 atom stereocenters. The van der Waals surface area contributed by atoms with E-state index in [2.05, 4.69) is 20.3 Å². The summed E-state index contributed by atoms with van der Waals surface area (Å²) in [5.74, 6) is 0.269. The number of nitrogens with one attached hydrogen (secondary N) is 1. The van der Waals surface area contributed by atoms with Gasteiger partial charge in [0.15, 0.2) is 5.82 Å². The number of hydrogen-bond donors (Lipinski definition) is 1. The number of carbonyl (C=O) groups excluding carboxylic acids is 1. The van der Waals surface area contributed by atoms with Gasteiger partial charge in [0.25, 0.3) is 5.91 Å². The molecular weight excluding hydrogens is 464 g/mol. The van der Waals surface area contributed by atoms with Crippen molar-refractivity contribution in [2.45, 2.75) is 44.9 Å². The van der Waals surface area contributed by atoms with Crippen molar-refractivity contribution in [2.24, 2.45) is 0 Å². The molecular formula is C25H32N6O3S. The Hall–Kier alpha value is -3.24. The fourth-order valence-electron chi connectivity index (χ4n) is 4.43. The summed E-state index contributed by atoms with van der Waals surface area (Å²) in [6.07, 6.45) is 6.46. The molecule has 35 heavy (non-hydrogen) atoms. The van der Waals surface area contributed by atoms with Gasteiger partial charge in [0.05, 0.1) is 33.7 Å². The maximum absolute atomic E-state index is 13.4. The highest BCUT2D eigenvalue weighted by molar-refractivity contribution is 7.89. The molecule has 1 N–H and O–H groups in total. The van der Waals surface area contributed by atoms with E-state index in [1.807, 2.05) is 45.0 Å². The lowest BCUT2D eigenvalue weighted by Crippen LogP contribution is -2.32. The zero-order valence-electron chi connectivity index (χ0n) is 20.4. The summed E-state index contributed by atoms with van der Waals surface area (Å²) in [7, 11) is -3.67. The van der Waals surface area contributed by atoms with E-state index in [1.54, 1.807) is 23.0 Å². The van der Waals surface area contributed by atoms with E-state index in [0.717, 1.165) is 31.6 Å². The molecule has 0 saturated carbocycles. The molecule has 1 aromatic carbocycles. The van der Waals surface area contributed by atoms with E-state index in [0.29, 0.717) is 35.9 Å². The first kappa shape index (κ1) is 24.9. The predicted molar refractivity (Wildman–Crippen MR) is 137 cm³/mol. The summed E-state index contributed by atoms with van der Waals surface area (Å²) < 4.78 is 29.4. The summed E-state index contributed by atoms with van der Waals surface area (Å²) in [5, 5.41) is 7.32. The summed E-state index contributed by atoms with van der Waals surface area (Å²) in [4.78, 5) is 20.0.